The summed E-state index contributed by atoms with van der Waals surface area (Å²) in [7, 11) is -3.56. The van der Waals surface area contributed by atoms with E-state index in [1.54, 1.807) is 12.1 Å². The number of sulfonamides is 1. The van der Waals surface area contributed by atoms with E-state index >= 15 is 0 Å². The molecular formula is C17H24N2O4S. The SMILES string of the molecule is C[C@H]1CN(S(=O)(=O)c2ccc(C(=O)N3CCCC3)cc2)C[C@H](C)O1. The molecular weight excluding hydrogens is 328 g/mol. The zero-order valence-electron chi connectivity index (χ0n) is 14.1. The largest absolute Gasteiger partial charge is 0.373 e. The Hall–Kier alpha value is -1.44. The van der Waals surface area contributed by atoms with Crippen LogP contribution in [0.2, 0.25) is 0 Å². The van der Waals surface area contributed by atoms with Crippen LogP contribution in [0.3, 0.4) is 0 Å². The maximum Gasteiger partial charge on any atom is 0.253 e. The molecule has 2 atom stereocenters. The first kappa shape index (κ1) is 17.4. The van der Waals surface area contributed by atoms with Crippen LogP contribution in [-0.2, 0) is 14.8 Å². The van der Waals surface area contributed by atoms with Crippen molar-refractivity contribution in [1.82, 2.24) is 9.21 Å². The number of ether oxygens (including phenoxy) is 1. The first-order valence-corrected chi connectivity index (χ1v) is 9.87. The molecule has 1 aromatic carbocycles. The van der Waals surface area contributed by atoms with Crippen molar-refractivity contribution in [1.29, 1.82) is 0 Å². The minimum Gasteiger partial charge on any atom is -0.373 e. The molecule has 132 valence electrons. The first-order chi connectivity index (χ1) is 11.4. The Balaban J connectivity index is 1.78. The fraction of sp³-hybridized carbons (Fsp3) is 0.588. The van der Waals surface area contributed by atoms with Gasteiger partial charge >= 0.3 is 0 Å². The van der Waals surface area contributed by atoms with Crippen molar-refractivity contribution in [2.75, 3.05) is 26.2 Å². The van der Waals surface area contributed by atoms with Gasteiger partial charge < -0.3 is 9.64 Å². The highest BCUT2D eigenvalue weighted by molar-refractivity contribution is 7.89. The summed E-state index contributed by atoms with van der Waals surface area (Å²) in [6, 6.07) is 6.29. The molecule has 0 unspecified atom stereocenters. The van der Waals surface area contributed by atoms with Gasteiger partial charge in [0.05, 0.1) is 17.1 Å². The van der Waals surface area contributed by atoms with Gasteiger partial charge in [-0.1, -0.05) is 0 Å². The average Bonchev–Trinajstić information content (AvgIpc) is 3.08. The highest BCUT2D eigenvalue weighted by atomic mass is 32.2. The van der Waals surface area contributed by atoms with Crippen LogP contribution < -0.4 is 0 Å². The minimum atomic E-state index is -3.56. The summed E-state index contributed by atoms with van der Waals surface area (Å²) in [5.74, 6) is -0.0231. The quantitative estimate of drug-likeness (QED) is 0.831. The number of hydrogen-bond donors (Lipinski definition) is 0. The lowest BCUT2D eigenvalue weighted by Gasteiger charge is -2.34. The van der Waals surface area contributed by atoms with Gasteiger partial charge in [0.15, 0.2) is 0 Å². The lowest BCUT2D eigenvalue weighted by molar-refractivity contribution is -0.0440. The molecule has 0 saturated carbocycles. The van der Waals surface area contributed by atoms with Gasteiger partial charge in [-0.2, -0.15) is 4.31 Å². The lowest BCUT2D eigenvalue weighted by atomic mass is 10.2. The summed E-state index contributed by atoms with van der Waals surface area (Å²) in [6.45, 7) is 6.00. The van der Waals surface area contributed by atoms with Gasteiger partial charge in [0.1, 0.15) is 0 Å². The molecule has 0 radical (unpaired) electrons. The van der Waals surface area contributed by atoms with Gasteiger partial charge in [-0.15, -0.1) is 0 Å². The summed E-state index contributed by atoms with van der Waals surface area (Å²) in [5, 5.41) is 0. The number of likely N-dealkylation sites (tertiary alicyclic amines) is 1. The molecule has 2 aliphatic heterocycles. The molecule has 0 aromatic heterocycles. The zero-order valence-corrected chi connectivity index (χ0v) is 15.0. The maximum atomic E-state index is 12.8. The molecule has 7 heteroatoms. The molecule has 2 aliphatic rings. The number of hydrogen-bond acceptors (Lipinski definition) is 4. The minimum absolute atomic E-state index is 0.0231. The Morgan fingerprint density at radius 1 is 1.04 bits per heavy atom. The van der Waals surface area contributed by atoms with Gasteiger partial charge in [-0.05, 0) is 51.0 Å². The fourth-order valence-corrected chi connectivity index (χ4v) is 4.94. The summed E-state index contributed by atoms with van der Waals surface area (Å²) >= 11 is 0. The monoisotopic (exact) mass is 352 g/mol. The van der Waals surface area contributed by atoms with E-state index in [0.717, 1.165) is 25.9 Å². The lowest BCUT2D eigenvalue weighted by Crippen LogP contribution is -2.48. The topological polar surface area (TPSA) is 66.9 Å². The van der Waals surface area contributed by atoms with E-state index in [1.807, 2.05) is 18.7 Å². The van der Waals surface area contributed by atoms with Crippen molar-refractivity contribution in [2.45, 2.75) is 43.8 Å². The fourth-order valence-electron chi connectivity index (χ4n) is 3.35. The number of morpholine rings is 1. The molecule has 2 saturated heterocycles. The van der Waals surface area contributed by atoms with Crippen molar-refractivity contribution in [3.8, 4) is 0 Å². The van der Waals surface area contributed by atoms with Crippen molar-refractivity contribution in [2.24, 2.45) is 0 Å². The molecule has 2 heterocycles. The molecule has 0 N–H and O–H groups in total. The average molecular weight is 352 g/mol. The number of carbonyl (C=O) groups excluding carboxylic acids is 1. The van der Waals surface area contributed by atoms with Crippen LogP contribution in [0, 0.1) is 0 Å². The second-order valence-electron chi connectivity index (χ2n) is 6.60. The Morgan fingerprint density at radius 2 is 1.58 bits per heavy atom. The Labute approximate surface area is 143 Å². The molecule has 0 spiro atoms. The summed E-state index contributed by atoms with van der Waals surface area (Å²) in [6.07, 6.45) is 1.82. The van der Waals surface area contributed by atoms with Crippen LogP contribution in [0.4, 0.5) is 0 Å². The third-order valence-corrected chi connectivity index (χ3v) is 6.36. The molecule has 1 aromatic rings. The van der Waals surface area contributed by atoms with Crippen molar-refractivity contribution < 1.29 is 17.9 Å². The number of nitrogens with zero attached hydrogens (tertiary/aromatic N) is 2. The highest BCUT2D eigenvalue weighted by Crippen LogP contribution is 2.22. The van der Waals surface area contributed by atoms with Gasteiger partial charge in [-0.25, -0.2) is 8.42 Å². The number of carbonyl (C=O) groups is 1. The van der Waals surface area contributed by atoms with Crippen LogP contribution >= 0.6 is 0 Å². The van der Waals surface area contributed by atoms with Crippen molar-refractivity contribution in [3.63, 3.8) is 0 Å². The van der Waals surface area contributed by atoms with Crippen LogP contribution in [-0.4, -0.2) is 61.9 Å². The van der Waals surface area contributed by atoms with E-state index in [9.17, 15) is 13.2 Å². The third-order valence-electron chi connectivity index (χ3n) is 4.52. The van der Waals surface area contributed by atoms with Gasteiger partial charge in [0.2, 0.25) is 10.0 Å². The van der Waals surface area contributed by atoms with Gasteiger partial charge in [0, 0.05) is 31.7 Å². The molecule has 0 aliphatic carbocycles. The van der Waals surface area contributed by atoms with E-state index < -0.39 is 10.0 Å². The smallest absolute Gasteiger partial charge is 0.253 e. The predicted molar refractivity (Wildman–Crippen MR) is 90.3 cm³/mol. The second kappa shape index (κ2) is 6.82. The van der Waals surface area contributed by atoms with Crippen LogP contribution in [0.15, 0.2) is 29.2 Å². The molecule has 0 bridgehead atoms. The maximum absolute atomic E-state index is 12.8. The first-order valence-electron chi connectivity index (χ1n) is 8.43. The summed E-state index contributed by atoms with van der Waals surface area (Å²) < 4.78 is 32.6. The number of amides is 1. The third kappa shape index (κ3) is 3.48. The van der Waals surface area contributed by atoms with E-state index in [2.05, 4.69) is 0 Å². The van der Waals surface area contributed by atoms with Crippen LogP contribution in [0.1, 0.15) is 37.0 Å². The van der Waals surface area contributed by atoms with E-state index in [0.29, 0.717) is 18.7 Å². The molecule has 3 rings (SSSR count). The number of rotatable bonds is 3. The van der Waals surface area contributed by atoms with Crippen LogP contribution in [0.5, 0.6) is 0 Å². The Bertz CT molecular complexity index is 686. The van der Waals surface area contributed by atoms with Gasteiger partial charge in [-0.3, -0.25) is 4.79 Å². The Morgan fingerprint density at radius 3 is 2.12 bits per heavy atom. The molecule has 6 nitrogen and oxygen atoms in total. The normalized spacial score (nSPS) is 25.8. The molecule has 24 heavy (non-hydrogen) atoms. The molecule has 1 amide bonds. The van der Waals surface area contributed by atoms with Gasteiger partial charge in [0.25, 0.3) is 5.91 Å². The predicted octanol–water partition coefficient (Wildman–Crippen LogP) is 1.72. The van der Waals surface area contributed by atoms with Crippen molar-refractivity contribution >= 4 is 15.9 Å². The zero-order chi connectivity index (χ0) is 17.3. The van der Waals surface area contributed by atoms with E-state index in [-0.39, 0.29) is 23.0 Å². The van der Waals surface area contributed by atoms with E-state index in [1.165, 1.54) is 16.4 Å². The summed E-state index contributed by atoms with van der Waals surface area (Å²) in [5.41, 5.74) is 0.541. The van der Waals surface area contributed by atoms with Crippen LogP contribution in [0.25, 0.3) is 0 Å². The van der Waals surface area contributed by atoms with E-state index in [4.69, 9.17) is 4.74 Å². The Kier molecular flexibility index (Phi) is 4.94. The second-order valence-corrected chi connectivity index (χ2v) is 8.54. The standard InChI is InChI=1S/C17H24N2O4S/c1-13-11-19(12-14(2)23-13)24(21,22)16-7-5-15(6-8-16)17(20)18-9-3-4-10-18/h5-8,13-14H,3-4,9-12H2,1-2H3/t13-,14-/m0/s1. The highest BCUT2D eigenvalue weighted by Gasteiger charge is 2.32. The molecule has 2 fully saturated rings. The van der Waals surface area contributed by atoms with Crippen molar-refractivity contribution in [3.05, 3.63) is 29.8 Å². The summed E-state index contributed by atoms with van der Waals surface area (Å²) in [4.78, 5) is 14.4. The number of benzene rings is 1.